The molecule has 0 radical (unpaired) electrons. The van der Waals surface area contributed by atoms with E-state index >= 15 is 0 Å². The first kappa shape index (κ1) is 11.0. The summed E-state index contributed by atoms with van der Waals surface area (Å²) in [5.74, 6) is 0. The van der Waals surface area contributed by atoms with Gasteiger partial charge in [0.05, 0.1) is 0 Å². The first-order chi connectivity index (χ1) is 5.41. The summed E-state index contributed by atoms with van der Waals surface area (Å²) in [4.78, 5) is 0. The molecule has 0 saturated heterocycles. The number of ether oxygens (including phenoxy) is 1. The van der Waals surface area contributed by atoms with Crippen LogP contribution < -0.4 is 0 Å². The smallest absolute Gasteiger partial charge is 0.0430 e. The van der Waals surface area contributed by atoms with Crippen molar-refractivity contribution in [1.82, 2.24) is 0 Å². The van der Waals surface area contributed by atoms with Gasteiger partial charge in [0.15, 0.2) is 0 Å². The van der Waals surface area contributed by atoms with Gasteiger partial charge in [-0.3, -0.25) is 0 Å². The fourth-order valence-electron chi connectivity index (χ4n) is 1.09. The molecule has 11 heavy (non-hydrogen) atoms. The van der Waals surface area contributed by atoms with Crippen LogP contribution in [0, 0.1) is 6.92 Å². The van der Waals surface area contributed by atoms with Gasteiger partial charge in [0.1, 0.15) is 0 Å². The molecular weight excluding hydrogens is 136 g/mol. The largest absolute Gasteiger partial charge is 0.413 e. The van der Waals surface area contributed by atoms with Gasteiger partial charge in [-0.05, 0) is 6.42 Å². The first-order valence-corrected chi connectivity index (χ1v) is 4.78. The highest BCUT2D eigenvalue weighted by Crippen LogP contribution is 2.04. The van der Waals surface area contributed by atoms with Gasteiger partial charge in [-0.2, -0.15) is 0 Å². The van der Waals surface area contributed by atoms with Crippen molar-refractivity contribution in [2.75, 3.05) is 13.2 Å². The van der Waals surface area contributed by atoms with Crippen LogP contribution in [0.2, 0.25) is 0 Å². The molecule has 1 heteroatoms. The molecule has 0 aliphatic rings. The van der Waals surface area contributed by atoms with E-state index in [0.29, 0.717) is 6.61 Å². The summed E-state index contributed by atoms with van der Waals surface area (Å²) in [5.41, 5.74) is 0. The molecule has 0 N–H and O–H groups in total. The Bertz CT molecular complexity index is 53.9. The third kappa shape index (κ3) is 9.96. The highest BCUT2D eigenvalue weighted by Gasteiger charge is 1.88. The van der Waals surface area contributed by atoms with E-state index in [1.165, 1.54) is 38.5 Å². The molecule has 0 aromatic carbocycles. The summed E-state index contributed by atoms with van der Waals surface area (Å²) in [7, 11) is 0. The van der Waals surface area contributed by atoms with Gasteiger partial charge in [0, 0.05) is 6.61 Å². The Kier molecular flexibility index (Phi) is 9.92. The summed E-state index contributed by atoms with van der Waals surface area (Å²) in [6.45, 7) is 7.37. The summed E-state index contributed by atoms with van der Waals surface area (Å²) in [6, 6.07) is 0. The van der Waals surface area contributed by atoms with Crippen molar-refractivity contribution < 1.29 is 4.74 Å². The van der Waals surface area contributed by atoms with Crippen LogP contribution >= 0.6 is 0 Å². The Hall–Kier alpha value is -0.0400. The molecular formula is C10H21O-. The second-order valence-electron chi connectivity index (χ2n) is 2.88. The molecule has 0 heterocycles. The molecule has 0 aliphatic carbocycles. The predicted molar refractivity (Wildman–Crippen MR) is 49.6 cm³/mol. The highest BCUT2D eigenvalue weighted by atomic mass is 16.5. The van der Waals surface area contributed by atoms with Crippen LogP contribution in [0.4, 0.5) is 0 Å². The quantitative estimate of drug-likeness (QED) is 0.388. The van der Waals surface area contributed by atoms with E-state index in [1.807, 2.05) is 0 Å². The summed E-state index contributed by atoms with van der Waals surface area (Å²) < 4.78 is 5.13. The van der Waals surface area contributed by atoms with Crippen LogP contribution in [0.15, 0.2) is 0 Å². The molecule has 0 spiro atoms. The maximum atomic E-state index is 5.13. The topological polar surface area (TPSA) is 9.23 Å². The average molecular weight is 157 g/mol. The number of hydrogen-bond donors (Lipinski definition) is 0. The molecule has 0 amide bonds. The molecule has 0 fully saturated rings. The molecule has 0 aromatic heterocycles. The van der Waals surface area contributed by atoms with Crippen molar-refractivity contribution in [3.63, 3.8) is 0 Å². The predicted octanol–water partition coefficient (Wildman–Crippen LogP) is 3.20. The van der Waals surface area contributed by atoms with Crippen molar-refractivity contribution in [3.8, 4) is 0 Å². The summed E-state index contributed by atoms with van der Waals surface area (Å²) >= 11 is 0. The molecule has 0 unspecified atom stereocenters. The second kappa shape index (κ2) is 9.96. The minimum Gasteiger partial charge on any atom is -0.413 e. The van der Waals surface area contributed by atoms with E-state index in [-0.39, 0.29) is 0 Å². The molecule has 0 atom stereocenters. The lowest BCUT2D eigenvalue weighted by Crippen LogP contribution is -1.92. The third-order valence-electron chi connectivity index (χ3n) is 1.79. The Morgan fingerprint density at radius 2 is 1.64 bits per heavy atom. The molecule has 68 valence electrons. The van der Waals surface area contributed by atoms with E-state index in [0.717, 1.165) is 6.61 Å². The lowest BCUT2D eigenvalue weighted by Gasteiger charge is -2.02. The molecule has 0 saturated carbocycles. The monoisotopic (exact) mass is 157 g/mol. The number of unbranched alkanes of at least 4 members (excludes halogenated alkanes) is 5. The van der Waals surface area contributed by atoms with Crippen molar-refractivity contribution in [2.45, 2.75) is 45.4 Å². The Balaban J connectivity index is 2.69. The highest BCUT2D eigenvalue weighted by molar-refractivity contribution is 4.43. The minimum absolute atomic E-state index is 0.620. The maximum Gasteiger partial charge on any atom is 0.0430 e. The van der Waals surface area contributed by atoms with E-state index in [1.54, 1.807) is 0 Å². The zero-order chi connectivity index (χ0) is 8.36. The fraction of sp³-hybridized carbons (Fsp3) is 0.900. The zero-order valence-corrected chi connectivity index (χ0v) is 7.77. The van der Waals surface area contributed by atoms with Gasteiger partial charge >= 0.3 is 0 Å². The van der Waals surface area contributed by atoms with Crippen molar-refractivity contribution in [3.05, 3.63) is 6.92 Å². The maximum absolute atomic E-state index is 5.13. The van der Waals surface area contributed by atoms with Crippen molar-refractivity contribution in [2.24, 2.45) is 0 Å². The van der Waals surface area contributed by atoms with Crippen LogP contribution in [-0.4, -0.2) is 13.2 Å². The standard InChI is InChI=1S/C10H21O/c1-3-5-6-7-8-9-10-11-4-2/h2-10H2,1H3/q-1. The van der Waals surface area contributed by atoms with Crippen LogP contribution in [0.5, 0.6) is 0 Å². The molecule has 0 bridgehead atoms. The van der Waals surface area contributed by atoms with Crippen molar-refractivity contribution in [1.29, 1.82) is 0 Å². The lowest BCUT2D eigenvalue weighted by molar-refractivity contribution is 0.156. The Morgan fingerprint density at radius 3 is 2.27 bits per heavy atom. The van der Waals surface area contributed by atoms with Crippen LogP contribution in [0.25, 0.3) is 0 Å². The van der Waals surface area contributed by atoms with Gasteiger partial charge in [0.2, 0.25) is 0 Å². The molecule has 0 rings (SSSR count). The van der Waals surface area contributed by atoms with Gasteiger partial charge in [0.25, 0.3) is 0 Å². The van der Waals surface area contributed by atoms with E-state index in [9.17, 15) is 0 Å². The molecule has 0 aromatic rings. The van der Waals surface area contributed by atoms with Gasteiger partial charge < -0.3 is 11.7 Å². The Morgan fingerprint density at radius 1 is 1.00 bits per heavy atom. The third-order valence-corrected chi connectivity index (χ3v) is 1.79. The number of rotatable bonds is 8. The summed E-state index contributed by atoms with van der Waals surface area (Å²) in [6.07, 6.45) is 8.00. The Labute approximate surface area is 71.1 Å². The van der Waals surface area contributed by atoms with Gasteiger partial charge in [-0.15, -0.1) is 0 Å². The fourth-order valence-corrected chi connectivity index (χ4v) is 1.09. The van der Waals surface area contributed by atoms with E-state index in [4.69, 9.17) is 4.74 Å². The van der Waals surface area contributed by atoms with Gasteiger partial charge in [-0.1, -0.05) is 45.6 Å². The van der Waals surface area contributed by atoms with Gasteiger partial charge in [-0.25, -0.2) is 0 Å². The SMILES string of the molecule is [CH2-]COCCCCCCCC. The molecule has 0 aliphatic heterocycles. The van der Waals surface area contributed by atoms with Crippen LogP contribution in [0.3, 0.4) is 0 Å². The first-order valence-electron chi connectivity index (χ1n) is 4.78. The zero-order valence-electron chi connectivity index (χ0n) is 7.77. The number of hydrogen-bond acceptors (Lipinski definition) is 1. The minimum atomic E-state index is 0.620. The van der Waals surface area contributed by atoms with Crippen molar-refractivity contribution >= 4 is 0 Å². The summed E-state index contributed by atoms with van der Waals surface area (Å²) in [5, 5.41) is 0. The molecule has 1 nitrogen and oxygen atoms in total. The lowest BCUT2D eigenvalue weighted by atomic mass is 10.1. The second-order valence-corrected chi connectivity index (χ2v) is 2.88. The normalized spacial score (nSPS) is 10.4. The average Bonchev–Trinajstić information content (AvgIpc) is 2.03. The van der Waals surface area contributed by atoms with E-state index in [2.05, 4.69) is 13.8 Å². The van der Waals surface area contributed by atoms with Crippen LogP contribution in [0.1, 0.15) is 45.4 Å². The van der Waals surface area contributed by atoms with E-state index < -0.39 is 0 Å². The van der Waals surface area contributed by atoms with Crippen LogP contribution in [-0.2, 0) is 4.74 Å².